The molecule has 4 heteroatoms. The molecule has 0 aromatic carbocycles. The smallest absolute Gasteiger partial charge is 0.333 e. The Labute approximate surface area is 65.3 Å². The van der Waals surface area contributed by atoms with Gasteiger partial charge in [0.1, 0.15) is 0 Å². The van der Waals surface area contributed by atoms with Crippen molar-refractivity contribution in [3.63, 3.8) is 0 Å². The highest BCUT2D eigenvalue weighted by Crippen LogP contribution is 2.28. The third-order valence-electron chi connectivity index (χ3n) is 2.01. The van der Waals surface area contributed by atoms with Gasteiger partial charge in [0.05, 0.1) is 6.04 Å². The Morgan fingerprint density at radius 2 is 2.45 bits per heavy atom. The lowest BCUT2D eigenvalue weighted by Gasteiger charge is -2.12. The number of nitrogens with zero attached hydrogens (tertiary/aromatic N) is 2. The van der Waals surface area contributed by atoms with Crippen molar-refractivity contribution in [2.45, 2.75) is 38.3 Å². The SMILES string of the molecule is CCC1CC(C)(C(=O)O)N=N1. The summed E-state index contributed by atoms with van der Waals surface area (Å²) in [5, 5.41) is 16.3. The van der Waals surface area contributed by atoms with E-state index in [9.17, 15) is 4.79 Å². The van der Waals surface area contributed by atoms with Gasteiger partial charge in [0.25, 0.3) is 0 Å². The lowest BCUT2D eigenvalue weighted by atomic mass is 9.95. The number of rotatable bonds is 2. The van der Waals surface area contributed by atoms with Crippen LogP contribution < -0.4 is 0 Å². The van der Waals surface area contributed by atoms with Crippen LogP contribution in [0.25, 0.3) is 0 Å². The average Bonchev–Trinajstić information content (AvgIpc) is 2.33. The van der Waals surface area contributed by atoms with E-state index in [0.717, 1.165) is 6.42 Å². The second-order valence-electron chi connectivity index (χ2n) is 3.06. The quantitative estimate of drug-likeness (QED) is 0.657. The molecule has 0 amide bonds. The summed E-state index contributed by atoms with van der Waals surface area (Å²) in [7, 11) is 0. The van der Waals surface area contributed by atoms with Crippen molar-refractivity contribution in [2.75, 3.05) is 0 Å². The van der Waals surface area contributed by atoms with Crippen LogP contribution in [0.5, 0.6) is 0 Å². The molecule has 2 unspecified atom stereocenters. The molecule has 62 valence electrons. The molecule has 0 radical (unpaired) electrons. The van der Waals surface area contributed by atoms with E-state index in [1.165, 1.54) is 0 Å². The number of carboxylic acid groups (broad SMARTS) is 1. The van der Waals surface area contributed by atoms with Crippen LogP contribution in [0.3, 0.4) is 0 Å². The molecule has 0 aliphatic carbocycles. The summed E-state index contributed by atoms with van der Waals surface area (Å²) in [6, 6.07) is 0.107. The predicted molar refractivity (Wildman–Crippen MR) is 39.6 cm³/mol. The Kier molecular flexibility index (Phi) is 1.93. The molecule has 1 aliphatic rings. The summed E-state index contributed by atoms with van der Waals surface area (Å²) >= 11 is 0. The standard InChI is InChI=1S/C7H12N2O2/c1-3-5-4-7(2,6(10)11)9-8-5/h5H,3-4H2,1-2H3,(H,10,11). The van der Waals surface area contributed by atoms with Crippen LogP contribution >= 0.6 is 0 Å². The third kappa shape index (κ3) is 1.39. The van der Waals surface area contributed by atoms with Crippen LogP contribution in [0.4, 0.5) is 0 Å². The van der Waals surface area contributed by atoms with Crippen LogP contribution in [0, 0.1) is 0 Å². The van der Waals surface area contributed by atoms with Gasteiger partial charge in [-0.3, -0.25) is 0 Å². The molecular weight excluding hydrogens is 144 g/mol. The number of carbonyl (C=O) groups is 1. The van der Waals surface area contributed by atoms with Gasteiger partial charge in [0.15, 0.2) is 5.54 Å². The molecule has 0 aromatic heterocycles. The van der Waals surface area contributed by atoms with E-state index >= 15 is 0 Å². The fourth-order valence-corrected chi connectivity index (χ4v) is 1.11. The van der Waals surface area contributed by atoms with E-state index in [4.69, 9.17) is 5.11 Å². The third-order valence-corrected chi connectivity index (χ3v) is 2.01. The maximum Gasteiger partial charge on any atom is 0.333 e. The Morgan fingerprint density at radius 1 is 1.82 bits per heavy atom. The zero-order valence-electron chi connectivity index (χ0n) is 6.74. The van der Waals surface area contributed by atoms with Crippen LogP contribution in [0.1, 0.15) is 26.7 Å². The first-order valence-electron chi connectivity index (χ1n) is 3.74. The van der Waals surface area contributed by atoms with E-state index in [-0.39, 0.29) is 6.04 Å². The fourth-order valence-electron chi connectivity index (χ4n) is 1.11. The molecule has 0 aromatic rings. The normalized spacial score (nSPS) is 36.0. The molecule has 0 saturated heterocycles. The van der Waals surface area contributed by atoms with E-state index in [2.05, 4.69) is 10.2 Å². The number of aliphatic carboxylic acids is 1. The maximum absolute atomic E-state index is 10.6. The summed E-state index contributed by atoms with van der Waals surface area (Å²) in [5.41, 5.74) is -0.958. The van der Waals surface area contributed by atoms with Crippen molar-refractivity contribution < 1.29 is 9.90 Å². The Balaban J connectivity index is 2.67. The molecule has 1 heterocycles. The van der Waals surface area contributed by atoms with Crippen molar-refractivity contribution in [1.29, 1.82) is 0 Å². The lowest BCUT2D eigenvalue weighted by molar-refractivity contribution is -0.142. The monoisotopic (exact) mass is 156 g/mol. The molecule has 0 spiro atoms. The highest BCUT2D eigenvalue weighted by atomic mass is 16.4. The molecule has 4 nitrogen and oxygen atoms in total. The molecular formula is C7H12N2O2. The van der Waals surface area contributed by atoms with Crippen LogP contribution in [0.2, 0.25) is 0 Å². The minimum absolute atomic E-state index is 0.107. The first-order valence-corrected chi connectivity index (χ1v) is 3.74. The molecule has 1 N–H and O–H groups in total. The summed E-state index contributed by atoms with van der Waals surface area (Å²) in [6.45, 7) is 3.59. The van der Waals surface area contributed by atoms with E-state index < -0.39 is 11.5 Å². The zero-order valence-corrected chi connectivity index (χ0v) is 6.74. The van der Waals surface area contributed by atoms with Gasteiger partial charge in [0.2, 0.25) is 0 Å². The lowest BCUT2D eigenvalue weighted by Crippen LogP contribution is -2.32. The average molecular weight is 156 g/mol. The zero-order chi connectivity index (χ0) is 8.48. The fraction of sp³-hybridized carbons (Fsp3) is 0.857. The minimum Gasteiger partial charge on any atom is -0.479 e. The Hall–Kier alpha value is -0.930. The van der Waals surface area contributed by atoms with Gasteiger partial charge in [-0.15, -0.1) is 0 Å². The highest BCUT2D eigenvalue weighted by Gasteiger charge is 2.39. The van der Waals surface area contributed by atoms with E-state index in [1.54, 1.807) is 6.92 Å². The van der Waals surface area contributed by atoms with Crippen LogP contribution in [-0.4, -0.2) is 22.7 Å². The van der Waals surface area contributed by atoms with Crippen molar-refractivity contribution in [1.82, 2.24) is 0 Å². The summed E-state index contributed by atoms with van der Waals surface area (Å²) in [5.74, 6) is -0.878. The minimum atomic E-state index is -0.958. The molecule has 0 fully saturated rings. The Morgan fingerprint density at radius 3 is 2.73 bits per heavy atom. The number of azo groups is 1. The summed E-state index contributed by atoms with van der Waals surface area (Å²) in [6.07, 6.45) is 1.41. The van der Waals surface area contributed by atoms with Crippen molar-refractivity contribution >= 4 is 5.97 Å². The van der Waals surface area contributed by atoms with Gasteiger partial charge in [0, 0.05) is 6.42 Å². The van der Waals surface area contributed by atoms with E-state index in [1.807, 2.05) is 6.92 Å². The maximum atomic E-state index is 10.6. The first kappa shape index (κ1) is 8.17. The second-order valence-corrected chi connectivity index (χ2v) is 3.06. The Bertz CT molecular complexity index is 203. The van der Waals surface area contributed by atoms with Gasteiger partial charge in [-0.05, 0) is 13.3 Å². The molecule has 1 aliphatic heterocycles. The van der Waals surface area contributed by atoms with Crippen molar-refractivity contribution in [3.05, 3.63) is 0 Å². The first-order chi connectivity index (χ1) is 5.08. The van der Waals surface area contributed by atoms with Crippen LogP contribution in [-0.2, 0) is 4.79 Å². The van der Waals surface area contributed by atoms with Crippen LogP contribution in [0.15, 0.2) is 10.2 Å². The van der Waals surface area contributed by atoms with Crippen molar-refractivity contribution in [3.8, 4) is 0 Å². The molecule has 2 atom stereocenters. The van der Waals surface area contributed by atoms with Gasteiger partial charge in [-0.2, -0.15) is 10.2 Å². The highest BCUT2D eigenvalue weighted by molar-refractivity contribution is 5.78. The largest absolute Gasteiger partial charge is 0.479 e. The van der Waals surface area contributed by atoms with Gasteiger partial charge in [-0.25, -0.2) is 4.79 Å². The number of hydrogen-bond donors (Lipinski definition) is 1. The molecule has 1 rings (SSSR count). The number of carboxylic acids is 1. The van der Waals surface area contributed by atoms with Gasteiger partial charge < -0.3 is 5.11 Å². The molecule has 0 bridgehead atoms. The molecule has 11 heavy (non-hydrogen) atoms. The topological polar surface area (TPSA) is 62.0 Å². The summed E-state index contributed by atoms with van der Waals surface area (Å²) in [4.78, 5) is 10.6. The molecule has 0 saturated carbocycles. The van der Waals surface area contributed by atoms with Gasteiger partial charge in [-0.1, -0.05) is 6.92 Å². The van der Waals surface area contributed by atoms with Gasteiger partial charge >= 0.3 is 5.97 Å². The number of hydrogen-bond acceptors (Lipinski definition) is 3. The second kappa shape index (κ2) is 2.60. The summed E-state index contributed by atoms with van der Waals surface area (Å²) < 4.78 is 0. The van der Waals surface area contributed by atoms with Crippen molar-refractivity contribution in [2.24, 2.45) is 10.2 Å². The predicted octanol–water partition coefficient (Wildman–Crippen LogP) is 1.46. The van der Waals surface area contributed by atoms with E-state index in [0.29, 0.717) is 6.42 Å².